The first-order valence-corrected chi connectivity index (χ1v) is 3.30. The molecule has 0 aliphatic rings. The van der Waals surface area contributed by atoms with Crippen molar-refractivity contribution in [1.82, 2.24) is 0 Å². The maximum absolute atomic E-state index is 10.3. The molecule has 2 N–H and O–H groups in total. The van der Waals surface area contributed by atoms with Crippen molar-refractivity contribution in [3.63, 3.8) is 0 Å². The Bertz CT molecular complexity index is 312. The maximum Gasteiger partial charge on any atom is 0.271 e. The summed E-state index contributed by atoms with van der Waals surface area (Å²) in [6.45, 7) is 1.74. The van der Waals surface area contributed by atoms with Crippen LogP contribution in [0.25, 0.3) is 0 Å². The Balaban J connectivity index is 3.13. The zero-order chi connectivity index (χ0) is 9.14. The lowest BCUT2D eigenvalue weighted by Gasteiger charge is -2.01. The fraction of sp³-hybridized carbons (Fsp3) is 0.143. The van der Waals surface area contributed by atoms with Crippen LogP contribution in [0.2, 0.25) is 0 Å². The second-order valence-corrected chi connectivity index (χ2v) is 2.37. The van der Waals surface area contributed by atoms with Crippen LogP contribution in [-0.2, 0) is 0 Å². The van der Waals surface area contributed by atoms with E-state index in [1.54, 1.807) is 13.0 Å². The predicted molar refractivity (Wildman–Crippen MR) is 43.2 cm³/mol. The third kappa shape index (κ3) is 1.51. The van der Waals surface area contributed by atoms with E-state index in [-0.39, 0.29) is 5.69 Å². The lowest BCUT2D eigenvalue weighted by molar-refractivity contribution is -0.384. The van der Waals surface area contributed by atoms with Crippen molar-refractivity contribution in [1.29, 1.82) is 0 Å². The molecule has 0 aliphatic carbocycles. The largest absolute Gasteiger partial charge is 0.291 e. The van der Waals surface area contributed by atoms with Gasteiger partial charge in [0.05, 0.1) is 10.6 Å². The molecule has 0 heterocycles. The summed E-state index contributed by atoms with van der Waals surface area (Å²) in [5.41, 5.74) is 2.95. The van der Waals surface area contributed by atoms with Crippen molar-refractivity contribution in [2.45, 2.75) is 6.92 Å². The molecule has 64 valence electrons. The van der Waals surface area contributed by atoms with Crippen LogP contribution in [0.4, 0.5) is 11.4 Å². The number of nitrogens with zero attached hydrogens (tertiary/aromatic N) is 1. The molecule has 0 bridgehead atoms. The van der Waals surface area contributed by atoms with Gasteiger partial charge in [-0.15, -0.1) is 0 Å². The minimum Gasteiger partial charge on any atom is -0.291 e. The standard InChI is InChI=1S/C7H8N2O3/c1-5-2-3-6(9(11)12)4-7(5)8-10/h2-4,8,10H,1H3. The minimum atomic E-state index is -0.514. The van der Waals surface area contributed by atoms with E-state index >= 15 is 0 Å². The Labute approximate surface area is 68.7 Å². The highest BCUT2D eigenvalue weighted by molar-refractivity contribution is 5.55. The number of non-ortho nitro benzene ring substituents is 1. The van der Waals surface area contributed by atoms with Crippen molar-refractivity contribution in [2.24, 2.45) is 0 Å². The summed E-state index contributed by atoms with van der Waals surface area (Å²) in [5.74, 6) is 0. The van der Waals surface area contributed by atoms with Crippen LogP contribution in [0, 0.1) is 17.0 Å². The molecule has 0 atom stereocenters. The van der Waals surface area contributed by atoms with Gasteiger partial charge in [0.15, 0.2) is 0 Å². The molecule has 0 saturated heterocycles. The first-order chi connectivity index (χ1) is 5.65. The predicted octanol–water partition coefficient (Wildman–Crippen LogP) is 1.70. The third-order valence-corrected chi connectivity index (χ3v) is 1.55. The van der Waals surface area contributed by atoms with Crippen LogP contribution in [0.3, 0.4) is 0 Å². The number of nitro groups is 1. The van der Waals surface area contributed by atoms with Crippen molar-refractivity contribution < 1.29 is 10.1 Å². The van der Waals surface area contributed by atoms with Gasteiger partial charge >= 0.3 is 0 Å². The average molecular weight is 168 g/mol. The van der Waals surface area contributed by atoms with E-state index in [2.05, 4.69) is 0 Å². The Kier molecular flexibility index (Phi) is 2.25. The Morgan fingerprint density at radius 2 is 2.25 bits per heavy atom. The van der Waals surface area contributed by atoms with Gasteiger partial charge in [0, 0.05) is 12.1 Å². The Morgan fingerprint density at radius 3 is 2.75 bits per heavy atom. The quantitative estimate of drug-likeness (QED) is 0.520. The van der Waals surface area contributed by atoms with Gasteiger partial charge in [-0.05, 0) is 12.5 Å². The van der Waals surface area contributed by atoms with E-state index in [1.807, 2.05) is 5.48 Å². The van der Waals surface area contributed by atoms with Gasteiger partial charge in [-0.25, -0.2) is 0 Å². The highest BCUT2D eigenvalue weighted by Gasteiger charge is 2.07. The van der Waals surface area contributed by atoms with Gasteiger partial charge in [0.2, 0.25) is 0 Å². The molecule has 0 aromatic heterocycles. The monoisotopic (exact) mass is 168 g/mol. The van der Waals surface area contributed by atoms with Crippen LogP contribution in [0.1, 0.15) is 5.56 Å². The fourth-order valence-corrected chi connectivity index (χ4v) is 0.844. The molecule has 0 fully saturated rings. The van der Waals surface area contributed by atoms with E-state index < -0.39 is 4.92 Å². The molecule has 5 heteroatoms. The van der Waals surface area contributed by atoms with Crippen LogP contribution in [0.5, 0.6) is 0 Å². The van der Waals surface area contributed by atoms with Gasteiger partial charge in [-0.1, -0.05) is 6.07 Å². The first-order valence-electron chi connectivity index (χ1n) is 3.30. The second kappa shape index (κ2) is 3.19. The molecule has 1 aromatic rings. The molecule has 5 nitrogen and oxygen atoms in total. The van der Waals surface area contributed by atoms with Crippen LogP contribution in [-0.4, -0.2) is 10.1 Å². The van der Waals surface area contributed by atoms with Crippen LogP contribution in [0.15, 0.2) is 18.2 Å². The molecular formula is C7H8N2O3. The number of rotatable bonds is 2. The molecule has 0 amide bonds. The van der Waals surface area contributed by atoms with Gasteiger partial charge in [0.25, 0.3) is 5.69 Å². The van der Waals surface area contributed by atoms with E-state index in [1.165, 1.54) is 12.1 Å². The van der Waals surface area contributed by atoms with Gasteiger partial charge < -0.3 is 0 Å². The fourth-order valence-electron chi connectivity index (χ4n) is 0.844. The summed E-state index contributed by atoms with van der Waals surface area (Å²) in [7, 11) is 0. The summed E-state index contributed by atoms with van der Waals surface area (Å²) < 4.78 is 0. The van der Waals surface area contributed by atoms with Gasteiger partial charge in [0.1, 0.15) is 0 Å². The number of anilines is 1. The minimum absolute atomic E-state index is 0.0443. The molecule has 0 aliphatic heterocycles. The van der Waals surface area contributed by atoms with E-state index in [0.29, 0.717) is 5.69 Å². The third-order valence-electron chi connectivity index (χ3n) is 1.55. The van der Waals surface area contributed by atoms with Crippen molar-refractivity contribution in [3.8, 4) is 0 Å². The number of nitrogens with one attached hydrogen (secondary N) is 1. The van der Waals surface area contributed by atoms with Gasteiger partial charge in [-0.3, -0.25) is 20.8 Å². The molecule has 0 spiro atoms. The Morgan fingerprint density at radius 1 is 1.58 bits per heavy atom. The highest BCUT2D eigenvalue weighted by Crippen LogP contribution is 2.20. The summed E-state index contributed by atoms with van der Waals surface area (Å²) in [5, 5.41) is 18.8. The zero-order valence-corrected chi connectivity index (χ0v) is 6.44. The number of benzene rings is 1. The lowest BCUT2D eigenvalue weighted by Crippen LogP contribution is -1.94. The molecular weight excluding hydrogens is 160 g/mol. The Hall–Kier alpha value is -1.62. The summed E-state index contributed by atoms with van der Waals surface area (Å²) >= 11 is 0. The number of nitro benzene ring substituents is 1. The highest BCUT2D eigenvalue weighted by atomic mass is 16.6. The average Bonchev–Trinajstić information content (AvgIpc) is 2.05. The molecule has 12 heavy (non-hydrogen) atoms. The number of hydrogen-bond donors (Lipinski definition) is 2. The van der Waals surface area contributed by atoms with Crippen LogP contribution >= 0.6 is 0 Å². The van der Waals surface area contributed by atoms with E-state index in [4.69, 9.17) is 5.21 Å². The summed E-state index contributed by atoms with van der Waals surface area (Å²) in [4.78, 5) is 9.76. The number of aryl methyl sites for hydroxylation is 1. The maximum atomic E-state index is 10.3. The molecule has 1 aromatic carbocycles. The van der Waals surface area contributed by atoms with Crippen molar-refractivity contribution in [2.75, 3.05) is 5.48 Å². The first kappa shape index (κ1) is 8.48. The van der Waals surface area contributed by atoms with Crippen LogP contribution < -0.4 is 5.48 Å². The molecule has 0 unspecified atom stereocenters. The number of hydrogen-bond acceptors (Lipinski definition) is 4. The van der Waals surface area contributed by atoms with Gasteiger partial charge in [-0.2, -0.15) is 0 Å². The van der Waals surface area contributed by atoms with E-state index in [0.717, 1.165) is 5.56 Å². The summed E-state index contributed by atoms with van der Waals surface area (Å²) in [6.07, 6.45) is 0. The second-order valence-electron chi connectivity index (χ2n) is 2.37. The zero-order valence-electron chi connectivity index (χ0n) is 6.44. The molecule has 0 radical (unpaired) electrons. The lowest BCUT2D eigenvalue weighted by atomic mass is 10.2. The molecule has 1 rings (SSSR count). The molecule has 0 saturated carbocycles. The normalized spacial score (nSPS) is 9.50. The van der Waals surface area contributed by atoms with E-state index in [9.17, 15) is 10.1 Å². The smallest absolute Gasteiger partial charge is 0.271 e. The van der Waals surface area contributed by atoms with Crippen molar-refractivity contribution in [3.05, 3.63) is 33.9 Å². The summed E-state index contributed by atoms with van der Waals surface area (Å²) in [6, 6.07) is 4.22. The topological polar surface area (TPSA) is 75.4 Å². The van der Waals surface area contributed by atoms with Crippen molar-refractivity contribution >= 4 is 11.4 Å². The SMILES string of the molecule is Cc1ccc([N+](=O)[O-])cc1NO.